The third kappa shape index (κ3) is 3.63. The van der Waals surface area contributed by atoms with Crippen molar-refractivity contribution in [2.45, 2.75) is 25.9 Å². The van der Waals surface area contributed by atoms with Crippen LogP contribution in [0.3, 0.4) is 0 Å². The van der Waals surface area contributed by atoms with Crippen LogP contribution in [0.4, 0.5) is 0 Å². The highest BCUT2D eigenvalue weighted by atomic mass is 16.5. The Morgan fingerprint density at radius 1 is 0.824 bits per heavy atom. The molecule has 0 aliphatic heterocycles. The van der Waals surface area contributed by atoms with E-state index in [0.717, 1.165) is 12.2 Å². The van der Waals surface area contributed by atoms with Crippen molar-refractivity contribution in [3.63, 3.8) is 0 Å². The molecule has 0 N–H and O–H groups in total. The standard InChI is InChI=1S/C16H18O/c1-16(2,13-14-9-5-3-6-10-14)17-15-11-7-4-8-12-15/h3-12H,13H2,1-2H3. The van der Waals surface area contributed by atoms with Crippen molar-refractivity contribution in [1.29, 1.82) is 0 Å². The van der Waals surface area contributed by atoms with Gasteiger partial charge in [0, 0.05) is 6.42 Å². The molecule has 0 heterocycles. The van der Waals surface area contributed by atoms with Gasteiger partial charge in [0.2, 0.25) is 0 Å². The fraction of sp³-hybridized carbons (Fsp3) is 0.250. The Hall–Kier alpha value is -1.76. The highest BCUT2D eigenvalue weighted by Crippen LogP contribution is 2.21. The summed E-state index contributed by atoms with van der Waals surface area (Å²) >= 11 is 0. The van der Waals surface area contributed by atoms with E-state index >= 15 is 0 Å². The van der Waals surface area contributed by atoms with Crippen LogP contribution < -0.4 is 4.74 Å². The van der Waals surface area contributed by atoms with Gasteiger partial charge in [0.1, 0.15) is 11.4 Å². The first-order chi connectivity index (χ1) is 8.16. The van der Waals surface area contributed by atoms with Crippen molar-refractivity contribution in [2.75, 3.05) is 0 Å². The number of benzene rings is 2. The maximum absolute atomic E-state index is 6.01. The van der Waals surface area contributed by atoms with Crippen molar-refractivity contribution in [3.8, 4) is 5.75 Å². The summed E-state index contributed by atoms with van der Waals surface area (Å²) in [7, 11) is 0. The third-order valence-electron chi connectivity index (χ3n) is 2.61. The van der Waals surface area contributed by atoms with Gasteiger partial charge in [0.25, 0.3) is 0 Å². The summed E-state index contributed by atoms with van der Waals surface area (Å²) in [6.45, 7) is 4.24. The van der Waals surface area contributed by atoms with Gasteiger partial charge < -0.3 is 4.74 Å². The van der Waals surface area contributed by atoms with Crippen LogP contribution in [0.5, 0.6) is 5.75 Å². The quantitative estimate of drug-likeness (QED) is 0.763. The zero-order chi connectivity index (χ0) is 12.1. The summed E-state index contributed by atoms with van der Waals surface area (Å²) in [5, 5.41) is 0. The van der Waals surface area contributed by atoms with Gasteiger partial charge in [-0.2, -0.15) is 0 Å². The molecule has 17 heavy (non-hydrogen) atoms. The summed E-state index contributed by atoms with van der Waals surface area (Å²) in [4.78, 5) is 0. The number of para-hydroxylation sites is 1. The lowest BCUT2D eigenvalue weighted by Crippen LogP contribution is -2.30. The minimum atomic E-state index is -0.192. The van der Waals surface area contributed by atoms with Gasteiger partial charge in [-0.15, -0.1) is 0 Å². The molecule has 0 bridgehead atoms. The van der Waals surface area contributed by atoms with Crippen molar-refractivity contribution in [1.82, 2.24) is 0 Å². The Kier molecular flexibility index (Phi) is 3.48. The normalized spacial score (nSPS) is 11.2. The lowest BCUT2D eigenvalue weighted by atomic mass is 9.98. The van der Waals surface area contributed by atoms with Crippen molar-refractivity contribution >= 4 is 0 Å². The van der Waals surface area contributed by atoms with Crippen LogP contribution in [0, 0.1) is 0 Å². The molecule has 2 aromatic rings. The summed E-state index contributed by atoms with van der Waals surface area (Å²) in [6, 6.07) is 20.4. The highest BCUT2D eigenvalue weighted by molar-refractivity contribution is 5.23. The van der Waals surface area contributed by atoms with Crippen LogP contribution >= 0.6 is 0 Å². The Labute approximate surface area is 103 Å². The van der Waals surface area contributed by atoms with Gasteiger partial charge in [-0.05, 0) is 31.5 Å². The fourth-order valence-corrected chi connectivity index (χ4v) is 1.93. The zero-order valence-electron chi connectivity index (χ0n) is 10.4. The summed E-state index contributed by atoms with van der Waals surface area (Å²) in [5.74, 6) is 0.924. The van der Waals surface area contributed by atoms with Crippen LogP contribution in [0.25, 0.3) is 0 Å². The molecule has 2 aromatic carbocycles. The van der Waals surface area contributed by atoms with Gasteiger partial charge in [-0.1, -0.05) is 48.5 Å². The third-order valence-corrected chi connectivity index (χ3v) is 2.61. The maximum atomic E-state index is 6.01. The van der Waals surface area contributed by atoms with Gasteiger partial charge >= 0.3 is 0 Å². The number of ether oxygens (including phenoxy) is 1. The lowest BCUT2D eigenvalue weighted by Gasteiger charge is -2.26. The molecule has 0 atom stereocenters. The molecule has 1 heteroatoms. The predicted molar refractivity (Wildman–Crippen MR) is 71.3 cm³/mol. The van der Waals surface area contributed by atoms with Crippen molar-refractivity contribution in [3.05, 3.63) is 66.2 Å². The van der Waals surface area contributed by atoms with Crippen LogP contribution in [0.1, 0.15) is 19.4 Å². The van der Waals surface area contributed by atoms with Crippen molar-refractivity contribution in [2.24, 2.45) is 0 Å². The van der Waals surface area contributed by atoms with E-state index in [2.05, 4.69) is 38.1 Å². The first-order valence-corrected chi connectivity index (χ1v) is 5.94. The summed E-state index contributed by atoms with van der Waals surface area (Å²) in [6.07, 6.45) is 0.905. The van der Waals surface area contributed by atoms with E-state index < -0.39 is 0 Å². The molecule has 0 amide bonds. The minimum absolute atomic E-state index is 0.192. The van der Waals surface area contributed by atoms with E-state index in [4.69, 9.17) is 4.74 Å². The van der Waals surface area contributed by atoms with E-state index in [1.807, 2.05) is 36.4 Å². The molecule has 0 aromatic heterocycles. The maximum Gasteiger partial charge on any atom is 0.120 e. The number of hydrogen-bond donors (Lipinski definition) is 0. The fourth-order valence-electron chi connectivity index (χ4n) is 1.93. The first-order valence-electron chi connectivity index (χ1n) is 5.94. The Bertz CT molecular complexity index is 402. The van der Waals surface area contributed by atoms with E-state index in [9.17, 15) is 0 Å². The van der Waals surface area contributed by atoms with Crippen LogP contribution in [-0.2, 0) is 6.42 Å². The molecule has 0 saturated heterocycles. The molecule has 0 unspecified atom stereocenters. The molecule has 0 fully saturated rings. The summed E-state index contributed by atoms with van der Waals surface area (Å²) < 4.78 is 6.01. The molecular weight excluding hydrogens is 208 g/mol. The van der Waals surface area contributed by atoms with E-state index in [1.54, 1.807) is 0 Å². The van der Waals surface area contributed by atoms with Gasteiger partial charge in [-0.3, -0.25) is 0 Å². The van der Waals surface area contributed by atoms with E-state index in [0.29, 0.717) is 0 Å². The smallest absolute Gasteiger partial charge is 0.120 e. The average Bonchev–Trinajstić information content (AvgIpc) is 2.30. The number of hydrogen-bond acceptors (Lipinski definition) is 1. The Morgan fingerprint density at radius 3 is 1.94 bits per heavy atom. The Morgan fingerprint density at radius 2 is 1.35 bits per heavy atom. The monoisotopic (exact) mass is 226 g/mol. The average molecular weight is 226 g/mol. The molecule has 0 saturated carbocycles. The molecule has 0 aliphatic carbocycles. The molecule has 0 radical (unpaired) electrons. The Balaban J connectivity index is 2.04. The highest BCUT2D eigenvalue weighted by Gasteiger charge is 2.20. The second-order valence-corrected chi connectivity index (χ2v) is 4.84. The van der Waals surface area contributed by atoms with Gasteiger partial charge in [0.05, 0.1) is 0 Å². The second kappa shape index (κ2) is 5.05. The van der Waals surface area contributed by atoms with Gasteiger partial charge in [-0.25, -0.2) is 0 Å². The predicted octanol–water partition coefficient (Wildman–Crippen LogP) is 4.09. The largest absolute Gasteiger partial charge is 0.488 e. The van der Waals surface area contributed by atoms with E-state index in [1.165, 1.54) is 5.56 Å². The minimum Gasteiger partial charge on any atom is -0.488 e. The van der Waals surface area contributed by atoms with Crippen LogP contribution in [0.15, 0.2) is 60.7 Å². The van der Waals surface area contributed by atoms with Gasteiger partial charge in [0.15, 0.2) is 0 Å². The molecule has 88 valence electrons. The SMILES string of the molecule is CC(C)(Cc1ccccc1)Oc1ccccc1. The molecule has 1 nitrogen and oxygen atoms in total. The summed E-state index contributed by atoms with van der Waals surface area (Å²) in [5.41, 5.74) is 1.11. The number of rotatable bonds is 4. The molecule has 0 spiro atoms. The first kappa shape index (κ1) is 11.7. The molecule has 2 rings (SSSR count). The topological polar surface area (TPSA) is 9.23 Å². The van der Waals surface area contributed by atoms with E-state index in [-0.39, 0.29) is 5.60 Å². The molecular formula is C16H18O. The van der Waals surface area contributed by atoms with Crippen molar-refractivity contribution < 1.29 is 4.74 Å². The lowest BCUT2D eigenvalue weighted by molar-refractivity contribution is 0.110. The molecule has 0 aliphatic rings. The second-order valence-electron chi connectivity index (χ2n) is 4.84. The van der Waals surface area contributed by atoms with Crippen LogP contribution in [0.2, 0.25) is 0 Å². The van der Waals surface area contributed by atoms with Crippen LogP contribution in [-0.4, -0.2) is 5.60 Å². The zero-order valence-corrected chi connectivity index (χ0v) is 10.4.